The number of thiazole rings is 1. The largest absolute Gasteiger partial charge is 0.337 e. The van der Waals surface area contributed by atoms with E-state index < -0.39 is 0 Å². The lowest BCUT2D eigenvalue weighted by Crippen LogP contribution is -2.43. The van der Waals surface area contributed by atoms with Gasteiger partial charge in [0.05, 0.1) is 10.7 Å². The van der Waals surface area contributed by atoms with Crippen molar-refractivity contribution in [3.05, 3.63) is 51.5 Å². The third-order valence-corrected chi connectivity index (χ3v) is 6.70. The number of nitrogens with zero attached hydrogens (tertiary/aromatic N) is 3. The summed E-state index contributed by atoms with van der Waals surface area (Å²) in [6.45, 7) is 8.12. The number of carbonyl (C=O) groups excluding carboxylic acids is 1. The quantitative estimate of drug-likeness (QED) is 0.823. The zero-order valence-corrected chi connectivity index (χ0v) is 16.5. The van der Waals surface area contributed by atoms with E-state index in [4.69, 9.17) is 4.98 Å². The minimum Gasteiger partial charge on any atom is -0.337 e. The summed E-state index contributed by atoms with van der Waals surface area (Å²) >= 11 is 1.84. The summed E-state index contributed by atoms with van der Waals surface area (Å²) in [6.07, 6.45) is 3.44. The Bertz CT molecular complexity index is 773. The average molecular weight is 370 g/mol. The molecule has 0 radical (unpaired) electrons. The molecule has 5 heteroatoms. The van der Waals surface area contributed by atoms with E-state index in [1.54, 1.807) is 0 Å². The van der Waals surface area contributed by atoms with Gasteiger partial charge in [-0.2, -0.15) is 0 Å². The molecule has 2 aromatic rings. The van der Waals surface area contributed by atoms with Crippen LogP contribution in [0.3, 0.4) is 0 Å². The van der Waals surface area contributed by atoms with Crippen LogP contribution in [0.5, 0.6) is 0 Å². The van der Waals surface area contributed by atoms with Gasteiger partial charge in [0.15, 0.2) is 0 Å². The molecule has 2 atom stereocenters. The SMILES string of the molecule is CCc1nc(C)sc1CN1C[C@@H]2CC[C@H]1CN(C(=O)c1ccccc1)C2. The number of rotatable bonds is 4. The summed E-state index contributed by atoms with van der Waals surface area (Å²) in [5, 5.41) is 1.16. The predicted molar refractivity (Wildman–Crippen MR) is 105 cm³/mol. The van der Waals surface area contributed by atoms with E-state index in [9.17, 15) is 4.79 Å². The third kappa shape index (κ3) is 3.55. The summed E-state index contributed by atoms with van der Waals surface area (Å²) < 4.78 is 0. The van der Waals surface area contributed by atoms with E-state index >= 15 is 0 Å². The fourth-order valence-electron chi connectivity index (χ4n) is 4.40. The van der Waals surface area contributed by atoms with E-state index in [-0.39, 0.29) is 5.91 Å². The number of aromatic nitrogens is 1. The van der Waals surface area contributed by atoms with Gasteiger partial charge in [-0.1, -0.05) is 25.1 Å². The highest BCUT2D eigenvalue weighted by Gasteiger charge is 2.37. The highest BCUT2D eigenvalue weighted by Crippen LogP contribution is 2.31. The van der Waals surface area contributed by atoms with E-state index in [1.807, 2.05) is 41.7 Å². The summed E-state index contributed by atoms with van der Waals surface area (Å²) in [7, 11) is 0. The van der Waals surface area contributed by atoms with E-state index in [1.165, 1.54) is 23.4 Å². The van der Waals surface area contributed by atoms with Crippen molar-refractivity contribution in [2.45, 2.75) is 45.7 Å². The van der Waals surface area contributed by atoms with Gasteiger partial charge >= 0.3 is 0 Å². The van der Waals surface area contributed by atoms with Gasteiger partial charge in [0.2, 0.25) is 0 Å². The molecule has 3 saturated heterocycles. The molecule has 3 fully saturated rings. The second-order valence-electron chi connectivity index (χ2n) is 7.56. The lowest BCUT2D eigenvalue weighted by molar-refractivity contribution is 0.0736. The van der Waals surface area contributed by atoms with Crippen molar-refractivity contribution in [1.29, 1.82) is 0 Å². The standard InChI is InChI=1S/C21H27N3OS/c1-3-19-20(26-15(2)22-19)14-23-11-16-9-10-18(23)13-24(12-16)21(25)17-7-5-4-6-8-17/h4-8,16,18H,3,9-14H2,1-2H3/t16-,18-/m0/s1. The van der Waals surface area contributed by atoms with Crippen LogP contribution >= 0.6 is 11.3 Å². The van der Waals surface area contributed by atoms with Crippen LogP contribution < -0.4 is 0 Å². The van der Waals surface area contributed by atoms with Crippen LogP contribution in [0, 0.1) is 12.8 Å². The van der Waals surface area contributed by atoms with Crippen molar-refractivity contribution in [2.24, 2.45) is 5.92 Å². The molecule has 4 heterocycles. The number of carbonyl (C=O) groups is 1. The maximum atomic E-state index is 12.9. The Hall–Kier alpha value is -1.72. The number of fused-ring (bicyclic) bond motifs is 4. The molecule has 0 N–H and O–H groups in total. The van der Waals surface area contributed by atoms with Crippen molar-refractivity contribution in [1.82, 2.24) is 14.8 Å². The molecule has 0 aliphatic carbocycles. The Labute approximate surface area is 159 Å². The smallest absolute Gasteiger partial charge is 0.253 e. The van der Waals surface area contributed by atoms with Crippen LogP contribution in [-0.4, -0.2) is 46.4 Å². The van der Waals surface area contributed by atoms with Gasteiger partial charge in [0.25, 0.3) is 5.91 Å². The van der Waals surface area contributed by atoms with Crippen LogP contribution in [-0.2, 0) is 13.0 Å². The van der Waals surface area contributed by atoms with Gasteiger partial charge in [0, 0.05) is 42.7 Å². The molecule has 138 valence electrons. The van der Waals surface area contributed by atoms with Crippen molar-refractivity contribution < 1.29 is 4.79 Å². The molecule has 0 saturated carbocycles. The Kier molecular flexibility index (Phi) is 5.09. The van der Waals surface area contributed by atoms with E-state index in [0.29, 0.717) is 12.0 Å². The van der Waals surface area contributed by atoms with Crippen LogP contribution in [0.2, 0.25) is 0 Å². The maximum absolute atomic E-state index is 12.9. The third-order valence-electron chi connectivity index (χ3n) is 5.70. The van der Waals surface area contributed by atoms with Crippen LogP contribution in [0.1, 0.15) is 45.7 Å². The molecule has 1 amide bonds. The molecule has 4 nitrogen and oxygen atoms in total. The Morgan fingerprint density at radius 3 is 2.77 bits per heavy atom. The van der Waals surface area contributed by atoms with E-state index in [2.05, 4.69) is 23.6 Å². The molecule has 5 rings (SSSR count). The number of hydrogen-bond acceptors (Lipinski definition) is 4. The summed E-state index contributed by atoms with van der Waals surface area (Å²) in [6, 6.07) is 10.2. The zero-order chi connectivity index (χ0) is 18.1. The topological polar surface area (TPSA) is 36.4 Å². The van der Waals surface area contributed by atoms with Gasteiger partial charge in [-0.15, -0.1) is 11.3 Å². The molecule has 3 aliphatic rings. The van der Waals surface area contributed by atoms with Gasteiger partial charge in [-0.25, -0.2) is 4.98 Å². The molecule has 0 unspecified atom stereocenters. The van der Waals surface area contributed by atoms with Crippen molar-refractivity contribution in [3.8, 4) is 0 Å². The summed E-state index contributed by atoms with van der Waals surface area (Å²) in [5.41, 5.74) is 2.07. The normalized spacial score (nSPS) is 23.2. The second-order valence-corrected chi connectivity index (χ2v) is 8.85. The molecular weight excluding hydrogens is 342 g/mol. The first-order valence-electron chi connectivity index (χ1n) is 9.67. The molecule has 1 aromatic heterocycles. The first kappa shape index (κ1) is 17.7. The monoisotopic (exact) mass is 369 g/mol. The van der Waals surface area contributed by atoms with Crippen LogP contribution in [0.15, 0.2) is 30.3 Å². The zero-order valence-electron chi connectivity index (χ0n) is 15.6. The van der Waals surface area contributed by atoms with Gasteiger partial charge in [0.1, 0.15) is 0 Å². The van der Waals surface area contributed by atoms with Gasteiger partial charge < -0.3 is 4.90 Å². The van der Waals surface area contributed by atoms with Crippen LogP contribution in [0.4, 0.5) is 0 Å². The Balaban J connectivity index is 1.50. The minimum absolute atomic E-state index is 0.187. The highest BCUT2D eigenvalue weighted by atomic mass is 32.1. The molecule has 26 heavy (non-hydrogen) atoms. The van der Waals surface area contributed by atoms with Crippen molar-refractivity contribution in [2.75, 3.05) is 19.6 Å². The molecule has 3 aliphatic heterocycles. The predicted octanol–water partition coefficient (Wildman–Crippen LogP) is 3.75. The van der Waals surface area contributed by atoms with Crippen LogP contribution in [0.25, 0.3) is 0 Å². The number of hydrogen-bond donors (Lipinski definition) is 0. The highest BCUT2D eigenvalue weighted by molar-refractivity contribution is 7.11. The number of piperidine rings is 1. The number of benzene rings is 1. The lowest BCUT2D eigenvalue weighted by Gasteiger charge is -2.35. The molecule has 1 aromatic carbocycles. The fourth-order valence-corrected chi connectivity index (χ4v) is 5.45. The fraction of sp³-hybridized carbons (Fsp3) is 0.524. The maximum Gasteiger partial charge on any atom is 0.253 e. The van der Waals surface area contributed by atoms with Gasteiger partial charge in [-0.3, -0.25) is 9.69 Å². The first-order chi connectivity index (χ1) is 12.6. The lowest BCUT2D eigenvalue weighted by atomic mass is 9.95. The number of amides is 1. The minimum atomic E-state index is 0.187. The van der Waals surface area contributed by atoms with Crippen molar-refractivity contribution >= 4 is 17.2 Å². The molecular formula is C21H27N3OS. The second kappa shape index (κ2) is 7.49. The van der Waals surface area contributed by atoms with Gasteiger partial charge in [-0.05, 0) is 44.2 Å². The summed E-state index contributed by atoms with van der Waals surface area (Å²) in [5.74, 6) is 0.771. The van der Waals surface area contributed by atoms with E-state index in [0.717, 1.165) is 43.2 Å². The molecule has 0 spiro atoms. The average Bonchev–Trinajstić information content (AvgIpc) is 2.82. The Morgan fingerprint density at radius 2 is 2.00 bits per heavy atom. The molecule has 2 bridgehead atoms. The number of aryl methyl sites for hydroxylation is 2. The first-order valence-corrected chi connectivity index (χ1v) is 10.5. The summed E-state index contributed by atoms with van der Waals surface area (Å²) in [4.78, 5) is 23.7. The van der Waals surface area contributed by atoms with Crippen molar-refractivity contribution in [3.63, 3.8) is 0 Å². The Morgan fingerprint density at radius 1 is 1.19 bits per heavy atom.